The average molecular weight is 307 g/mol. The molecule has 0 aliphatic heterocycles. The first-order valence-electron chi connectivity index (χ1n) is 6.06. The largest absolute Gasteiger partial charge is 0.383 e. The lowest BCUT2D eigenvalue weighted by molar-refractivity contribution is -0.385. The number of nitro groups is 1. The summed E-state index contributed by atoms with van der Waals surface area (Å²) in [6, 6.07) is 1.12. The van der Waals surface area contributed by atoms with Crippen LogP contribution in [0.5, 0.6) is 0 Å². The molecule has 9 heteroatoms. The smallest absolute Gasteiger partial charge is 0.288 e. The molecule has 0 spiro atoms. The molecule has 0 radical (unpaired) electrons. The van der Waals surface area contributed by atoms with Crippen LogP contribution in [0, 0.1) is 10.1 Å². The summed E-state index contributed by atoms with van der Waals surface area (Å²) in [7, 11) is 0. The number of nitrogens with one attached hydrogen (secondary N) is 1. The number of thiazole rings is 1. The van der Waals surface area contributed by atoms with E-state index in [4.69, 9.17) is 5.73 Å². The summed E-state index contributed by atoms with van der Waals surface area (Å²) in [4.78, 5) is 29.9. The molecule has 1 atom stereocenters. The number of nitrogens with two attached hydrogens (primary N) is 1. The lowest BCUT2D eigenvalue weighted by Crippen LogP contribution is -2.28. The maximum absolute atomic E-state index is 12.0. The Bertz CT molecular complexity index is 659. The molecule has 0 saturated carbocycles. The van der Waals surface area contributed by atoms with Crippen molar-refractivity contribution < 1.29 is 9.72 Å². The van der Waals surface area contributed by atoms with Gasteiger partial charge in [0.1, 0.15) is 12.0 Å². The zero-order valence-corrected chi connectivity index (χ0v) is 12.0. The van der Waals surface area contributed by atoms with Crippen molar-refractivity contribution in [2.45, 2.75) is 12.8 Å². The average Bonchev–Trinajstić information content (AvgIpc) is 2.98. The fraction of sp³-hybridized carbons (Fsp3) is 0.250. The van der Waals surface area contributed by atoms with E-state index in [2.05, 4.69) is 15.3 Å². The van der Waals surface area contributed by atoms with Gasteiger partial charge in [-0.3, -0.25) is 14.9 Å². The van der Waals surface area contributed by atoms with Crippen molar-refractivity contribution >= 4 is 28.7 Å². The molecule has 8 nitrogen and oxygen atoms in total. The number of nitrogens with zero attached hydrogens (tertiary/aromatic N) is 3. The number of amides is 1. The van der Waals surface area contributed by atoms with Gasteiger partial charge in [0, 0.05) is 30.1 Å². The Morgan fingerprint density at radius 1 is 1.57 bits per heavy atom. The van der Waals surface area contributed by atoms with Gasteiger partial charge in [0.15, 0.2) is 0 Å². The minimum absolute atomic E-state index is 0.00413. The van der Waals surface area contributed by atoms with E-state index >= 15 is 0 Å². The molecular weight excluding hydrogens is 294 g/mol. The van der Waals surface area contributed by atoms with E-state index in [1.807, 2.05) is 12.3 Å². The van der Waals surface area contributed by atoms with Crippen molar-refractivity contribution in [3.8, 4) is 0 Å². The van der Waals surface area contributed by atoms with Crippen LogP contribution in [0.25, 0.3) is 0 Å². The number of hydrogen-bond donors (Lipinski definition) is 2. The molecule has 1 amide bonds. The molecule has 0 aliphatic rings. The highest BCUT2D eigenvalue weighted by atomic mass is 32.1. The molecule has 2 heterocycles. The third-order valence-corrected chi connectivity index (χ3v) is 3.81. The van der Waals surface area contributed by atoms with Crippen LogP contribution in [0.4, 0.5) is 11.5 Å². The fourth-order valence-corrected chi connectivity index (χ4v) is 2.35. The molecule has 2 rings (SSSR count). The molecule has 0 aliphatic carbocycles. The van der Waals surface area contributed by atoms with E-state index in [1.165, 1.54) is 11.3 Å². The maximum Gasteiger partial charge on any atom is 0.288 e. The second kappa shape index (κ2) is 6.27. The Kier molecular flexibility index (Phi) is 4.43. The van der Waals surface area contributed by atoms with Gasteiger partial charge < -0.3 is 11.1 Å². The quantitative estimate of drug-likeness (QED) is 0.638. The van der Waals surface area contributed by atoms with E-state index < -0.39 is 10.8 Å². The third kappa shape index (κ3) is 3.51. The maximum atomic E-state index is 12.0. The van der Waals surface area contributed by atoms with Crippen molar-refractivity contribution in [1.29, 1.82) is 0 Å². The first kappa shape index (κ1) is 14.9. The van der Waals surface area contributed by atoms with Crippen molar-refractivity contribution in [2.75, 3.05) is 12.3 Å². The molecule has 0 bridgehead atoms. The zero-order chi connectivity index (χ0) is 15.4. The van der Waals surface area contributed by atoms with E-state index in [0.29, 0.717) is 6.54 Å². The van der Waals surface area contributed by atoms with Crippen molar-refractivity contribution in [3.63, 3.8) is 0 Å². The van der Waals surface area contributed by atoms with Crippen LogP contribution in [0.1, 0.15) is 28.2 Å². The predicted octanol–water partition coefficient (Wildman–Crippen LogP) is 1.56. The van der Waals surface area contributed by atoms with Crippen molar-refractivity contribution in [2.24, 2.45) is 0 Å². The van der Waals surface area contributed by atoms with E-state index in [-0.39, 0.29) is 23.0 Å². The number of aromatic nitrogens is 2. The van der Waals surface area contributed by atoms with Gasteiger partial charge in [-0.2, -0.15) is 0 Å². The summed E-state index contributed by atoms with van der Waals surface area (Å²) in [5, 5.41) is 16.1. The third-order valence-electron chi connectivity index (χ3n) is 2.80. The SMILES string of the molecule is CC(CNC(=O)c1cc([N+](=O)[O-])cnc1N)c1nccs1. The highest BCUT2D eigenvalue weighted by Gasteiger charge is 2.17. The van der Waals surface area contributed by atoms with Gasteiger partial charge in [0.2, 0.25) is 0 Å². The first-order chi connectivity index (χ1) is 9.99. The zero-order valence-electron chi connectivity index (χ0n) is 11.1. The van der Waals surface area contributed by atoms with Gasteiger partial charge in [-0.25, -0.2) is 9.97 Å². The number of pyridine rings is 1. The Balaban J connectivity index is 2.06. The van der Waals surface area contributed by atoms with Gasteiger partial charge in [0.25, 0.3) is 11.6 Å². The van der Waals surface area contributed by atoms with Gasteiger partial charge >= 0.3 is 0 Å². The summed E-state index contributed by atoms with van der Waals surface area (Å²) >= 11 is 1.50. The molecule has 0 saturated heterocycles. The monoisotopic (exact) mass is 307 g/mol. The second-order valence-corrected chi connectivity index (χ2v) is 5.29. The van der Waals surface area contributed by atoms with Crippen LogP contribution in [-0.4, -0.2) is 27.3 Å². The summed E-state index contributed by atoms with van der Waals surface area (Å²) in [6.45, 7) is 2.28. The number of rotatable bonds is 5. The normalized spacial score (nSPS) is 11.9. The summed E-state index contributed by atoms with van der Waals surface area (Å²) in [5.74, 6) is -0.492. The van der Waals surface area contributed by atoms with Crippen LogP contribution < -0.4 is 11.1 Å². The number of carbonyl (C=O) groups excluding carboxylic acids is 1. The molecule has 110 valence electrons. The molecule has 3 N–H and O–H groups in total. The molecule has 0 fully saturated rings. The van der Waals surface area contributed by atoms with E-state index in [1.54, 1.807) is 6.20 Å². The van der Waals surface area contributed by atoms with Gasteiger partial charge in [-0.15, -0.1) is 11.3 Å². The Morgan fingerprint density at radius 3 is 2.95 bits per heavy atom. The number of hydrogen-bond acceptors (Lipinski definition) is 7. The van der Waals surface area contributed by atoms with Crippen molar-refractivity contribution in [1.82, 2.24) is 15.3 Å². The lowest BCUT2D eigenvalue weighted by Gasteiger charge is -2.10. The molecule has 2 aromatic heterocycles. The second-order valence-electron chi connectivity index (χ2n) is 4.36. The first-order valence-corrected chi connectivity index (χ1v) is 6.94. The van der Waals surface area contributed by atoms with Gasteiger partial charge in [0.05, 0.1) is 15.5 Å². The Morgan fingerprint density at radius 2 is 2.33 bits per heavy atom. The van der Waals surface area contributed by atoms with Crippen LogP contribution in [0.15, 0.2) is 23.8 Å². The highest BCUT2D eigenvalue weighted by Crippen LogP contribution is 2.18. The minimum atomic E-state index is -0.624. The lowest BCUT2D eigenvalue weighted by atomic mass is 10.1. The number of carbonyl (C=O) groups is 1. The molecule has 2 aromatic rings. The Hall–Kier alpha value is -2.55. The van der Waals surface area contributed by atoms with Crippen LogP contribution in [-0.2, 0) is 0 Å². The number of anilines is 1. The molecule has 1 unspecified atom stereocenters. The summed E-state index contributed by atoms with van der Waals surface area (Å²) in [5.41, 5.74) is 5.31. The van der Waals surface area contributed by atoms with E-state index in [0.717, 1.165) is 17.3 Å². The van der Waals surface area contributed by atoms with Crippen LogP contribution in [0.3, 0.4) is 0 Å². The number of nitrogen functional groups attached to an aromatic ring is 1. The van der Waals surface area contributed by atoms with Crippen LogP contribution in [0.2, 0.25) is 0 Å². The fourth-order valence-electron chi connectivity index (χ4n) is 1.65. The summed E-state index contributed by atoms with van der Waals surface area (Å²) in [6.07, 6.45) is 2.71. The Labute approximate surface area is 124 Å². The van der Waals surface area contributed by atoms with Crippen molar-refractivity contribution in [3.05, 3.63) is 44.5 Å². The highest BCUT2D eigenvalue weighted by molar-refractivity contribution is 7.09. The van der Waals surface area contributed by atoms with Gasteiger partial charge in [-0.1, -0.05) is 6.92 Å². The molecule has 0 aromatic carbocycles. The van der Waals surface area contributed by atoms with Gasteiger partial charge in [-0.05, 0) is 0 Å². The molecule has 21 heavy (non-hydrogen) atoms. The molecular formula is C12H13N5O3S. The van der Waals surface area contributed by atoms with Crippen LogP contribution >= 0.6 is 11.3 Å². The predicted molar refractivity (Wildman–Crippen MR) is 78.2 cm³/mol. The minimum Gasteiger partial charge on any atom is -0.383 e. The topological polar surface area (TPSA) is 124 Å². The van der Waals surface area contributed by atoms with E-state index in [9.17, 15) is 14.9 Å². The standard InChI is InChI=1S/C12H13N5O3S/c1-7(12-14-2-3-21-12)5-16-11(18)9-4-8(17(19)20)6-15-10(9)13/h2-4,6-7H,5H2,1H3,(H2,13,15)(H,16,18). The summed E-state index contributed by atoms with van der Waals surface area (Å²) < 4.78 is 0.